The average molecular weight is 304 g/mol. The number of hydrogen-bond acceptors (Lipinski definition) is 3. The predicted octanol–water partition coefficient (Wildman–Crippen LogP) is 2.88. The molecule has 0 amide bonds. The fraction of sp³-hybridized carbons (Fsp3) is 0.538. The minimum Gasteiger partial charge on any atom is -0.495 e. The van der Waals surface area contributed by atoms with Gasteiger partial charge in [-0.15, -0.1) is 0 Å². The van der Waals surface area contributed by atoms with Crippen LogP contribution in [0.25, 0.3) is 0 Å². The first kappa shape index (κ1) is 14.6. The minimum absolute atomic E-state index is 0.0229. The monoisotopic (exact) mass is 303 g/mol. The Balaban J connectivity index is 2.36. The summed E-state index contributed by atoms with van der Waals surface area (Å²) < 4.78 is 32.6. The van der Waals surface area contributed by atoms with Crippen molar-refractivity contribution in [3.8, 4) is 5.75 Å². The normalized spacial score (nSPS) is 16.8. The van der Waals surface area contributed by atoms with Gasteiger partial charge in [-0.25, -0.2) is 13.1 Å². The predicted molar refractivity (Wildman–Crippen MR) is 75.3 cm³/mol. The van der Waals surface area contributed by atoms with Gasteiger partial charge in [0.1, 0.15) is 10.6 Å². The van der Waals surface area contributed by atoms with Gasteiger partial charge in [-0.3, -0.25) is 0 Å². The van der Waals surface area contributed by atoms with Gasteiger partial charge in [0, 0.05) is 11.1 Å². The fourth-order valence-corrected chi connectivity index (χ4v) is 4.04. The lowest BCUT2D eigenvalue weighted by atomic mass is 10.2. The molecule has 0 atom stereocenters. The summed E-state index contributed by atoms with van der Waals surface area (Å²) in [4.78, 5) is 0.109. The second-order valence-corrected chi connectivity index (χ2v) is 6.94. The van der Waals surface area contributed by atoms with E-state index in [0.717, 1.165) is 31.2 Å². The lowest BCUT2D eigenvalue weighted by molar-refractivity contribution is 0.401. The maximum atomic E-state index is 12.4. The lowest BCUT2D eigenvalue weighted by Gasteiger charge is -2.15. The number of ether oxygens (including phenoxy) is 1. The number of nitrogens with one attached hydrogen (secondary N) is 1. The van der Waals surface area contributed by atoms with Gasteiger partial charge in [0.05, 0.1) is 7.11 Å². The molecule has 1 N–H and O–H groups in total. The molecular weight excluding hydrogens is 286 g/mol. The minimum atomic E-state index is -3.59. The van der Waals surface area contributed by atoms with Gasteiger partial charge in [0.15, 0.2) is 0 Å². The molecule has 0 aliphatic heterocycles. The zero-order valence-corrected chi connectivity index (χ0v) is 12.6. The van der Waals surface area contributed by atoms with E-state index in [1.54, 1.807) is 6.07 Å². The van der Waals surface area contributed by atoms with E-state index in [-0.39, 0.29) is 10.9 Å². The molecule has 1 aliphatic carbocycles. The van der Waals surface area contributed by atoms with Crippen LogP contribution in [0, 0.1) is 6.92 Å². The second kappa shape index (κ2) is 5.69. The molecule has 0 heterocycles. The largest absolute Gasteiger partial charge is 0.495 e. The molecule has 19 heavy (non-hydrogen) atoms. The summed E-state index contributed by atoms with van der Waals surface area (Å²) in [5.74, 6) is 0.326. The van der Waals surface area contributed by atoms with Crippen molar-refractivity contribution in [1.29, 1.82) is 0 Å². The van der Waals surface area contributed by atoms with Crippen LogP contribution >= 0.6 is 11.6 Å². The molecular formula is C13H18ClNO3S. The Morgan fingerprint density at radius 3 is 2.53 bits per heavy atom. The third kappa shape index (κ3) is 3.22. The standard InChI is InChI=1S/C13H18ClNO3S/c1-9-7-12(18-2)13(8-11(9)14)19(16,17)15-10-5-3-4-6-10/h7-8,10,15H,3-6H2,1-2H3. The maximum absolute atomic E-state index is 12.4. The maximum Gasteiger partial charge on any atom is 0.244 e. The summed E-state index contributed by atoms with van der Waals surface area (Å²) in [5, 5.41) is 0.424. The molecule has 2 rings (SSSR count). The summed E-state index contributed by atoms with van der Waals surface area (Å²) >= 11 is 6.02. The molecule has 0 unspecified atom stereocenters. The van der Waals surface area contributed by atoms with Crippen LogP contribution in [-0.4, -0.2) is 21.6 Å². The Labute approximate surface area is 119 Å². The van der Waals surface area contributed by atoms with Gasteiger partial charge in [-0.05, 0) is 37.5 Å². The first-order chi connectivity index (χ1) is 8.94. The van der Waals surface area contributed by atoms with Gasteiger partial charge in [-0.1, -0.05) is 24.4 Å². The lowest BCUT2D eigenvalue weighted by Crippen LogP contribution is -2.32. The van der Waals surface area contributed by atoms with Crippen molar-refractivity contribution < 1.29 is 13.2 Å². The van der Waals surface area contributed by atoms with Gasteiger partial charge in [0.25, 0.3) is 0 Å². The van der Waals surface area contributed by atoms with E-state index < -0.39 is 10.0 Å². The van der Waals surface area contributed by atoms with Gasteiger partial charge < -0.3 is 4.74 Å². The molecule has 1 saturated carbocycles. The van der Waals surface area contributed by atoms with E-state index in [2.05, 4.69) is 4.72 Å². The fourth-order valence-electron chi connectivity index (χ4n) is 2.33. The molecule has 1 aromatic rings. The van der Waals surface area contributed by atoms with Crippen molar-refractivity contribution in [3.63, 3.8) is 0 Å². The van der Waals surface area contributed by atoms with E-state index >= 15 is 0 Å². The summed E-state index contributed by atoms with van der Waals surface area (Å²) in [6.07, 6.45) is 3.92. The number of benzene rings is 1. The van der Waals surface area contributed by atoms with Crippen molar-refractivity contribution in [2.45, 2.75) is 43.5 Å². The summed E-state index contributed by atoms with van der Waals surface area (Å²) in [7, 11) is -2.13. The number of hydrogen-bond donors (Lipinski definition) is 1. The Morgan fingerprint density at radius 1 is 1.32 bits per heavy atom. The van der Waals surface area contributed by atoms with Gasteiger partial charge in [0.2, 0.25) is 10.0 Å². The molecule has 0 saturated heterocycles. The number of sulfonamides is 1. The molecule has 0 aromatic heterocycles. The molecule has 106 valence electrons. The third-order valence-electron chi connectivity index (χ3n) is 3.41. The highest BCUT2D eigenvalue weighted by molar-refractivity contribution is 7.89. The first-order valence-electron chi connectivity index (χ1n) is 6.30. The molecule has 1 aliphatic rings. The van der Waals surface area contributed by atoms with E-state index in [1.807, 2.05) is 6.92 Å². The highest BCUT2D eigenvalue weighted by atomic mass is 35.5. The van der Waals surface area contributed by atoms with E-state index in [4.69, 9.17) is 16.3 Å². The van der Waals surface area contributed by atoms with Crippen LogP contribution in [0.4, 0.5) is 0 Å². The SMILES string of the molecule is COc1cc(C)c(Cl)cc1S(=O)(=O)NC1CCCC1. The van der Waals surface area contributed by atoms with Crippen molar-refractivity contribution in [2.75, 3.05) is 7.11 Å². The molecule has 4 nitrogen and oxygen atoms in total. The van der Waals surface area contributed by atoms with Gasteiger partial charge >= 0.3 is 0 Å². The van der Waals surface area contributed by atoms with E-state index in [9.17, 15) is 8.42 Å². The van der Waals surface area contributed by atoms with Crippen LogP contribution in [0.3, 0.4) is 0 Å². The van der Waals surface area contributed by atoms with Crippen molar-refractivity contribution >= 4 is 21.6 Å². The highest BCUT2D eigenvalue weighted by Gasteiger charge is 2.26. The zero-order chi connectivity index (χ0) is 14.0. The number of aryl methyl sites for hydroxylation is 1. The van der Waals surface area contributed by atoms with E-state index in [1.165, 1.54) is 13.2 Å². The second-order valence-electron chi connectivity index (χ2n) is 4.85. The zero-order valence-electron chi connectivity index (χ0n) is 11.1. The molecule has 0 radical (unpaired) electrons. The molecule has 0 spiro atoms. The van der Waals surface area contributed by atoms with Crippen LogP contribution in [-0.2, 0) is 10.0 Å². The third-order valence-corrected chi connectivity index (χ3v) is 5.36. The van der Waals surface area contributed by atoms with Crippen LogP contribution in [0.15, 0.2) is 17.0 Å². The van der Waals surface area contributed by atoms with Crippen LogP contribution in [0.1, 0.15) is 31.2 Å². The molecule has 1 aromatic carbocycles. The number of halogens is 1. The Kier molecular flexibility index (Phi) is 4.38. The topological polar surface area (TPSA) is 55.4 Å². The Morgan fingerprint density at radius 2 is 1.95 bits per heavy atom. The Hall–Kier alpha value is -0.780. The molecule has 0 bridgehead atoms. The van der Waals surface area contributed by atoms with Crippen molar-refractivity contribution in [3.05, 3.63) is 22.7 Å². The number of methoxy groups -OCH3 is 1. The van der Waals surface area contributed by atoms with Crippen molar-refractivity contribution in [2.24, 2.45) is 0 Å². The Bertz CT molecular complexity index is 565. The number of rotatable bonds is 4. The van der Waals surface area contributed by atoms with Crippen LogP contribution in [0.5, 0.6) is 5.75 Å². The summed E-state index contributed by atoms with van der Waals surface area (Å²) in [6.45, 7) is 1.81. The van der Waals surface area contributed by atoms with Crippen molar-refractivity contribution in [1.82, 2.24) is 4.72 Å². The molecule has 6 heteroatoms. The quantitative estimate of drug-likeness (QED) is 0.930. The average Bonchev–Trinajstić information content (AvgIpc) is 2.84. The summed E-state index contributed by atoms with van der Waals surface area (Å²) in [5.41, 5.74) is 0.790. The smallest absolute Gasteiger partial charge is 0.244 e. The van der Waals surface area contributed by atoms with E-state index in [0.29, 0.717) is 10.8 Å². The van der Waals surface area contributed by atoms with Crippen LogP contribution < -0.4 is 9.46 Å². The van der Waals surface area contributed by atoms with Gasteiger partial charge in [-0.2, -0.15) is 0 Å². The first-order valence-corrected chi connectivity index (χ1v) is 8.16. The molecule has 1 fully saturated rings. The highest BCUT2D eigenvalue weighted by Crippen LogP contribution is 2.31. The van der Waals surface area contributed by atoms with Crippen LogP contribution in [0.2, 0.25) is 5.02 Å². The summed E-state index contributed by atoms with van der Waals surface area (Å²) in [6, 6.07) is 3.12.